The second-order valence-corrected chi connectivity index (χ2v) is 5.97. The van der Waals surface area contributed by atoms with Gasteiger partial charge in [0.25, 0.3) is 5.91 Å². The Morgan fingerprint density at radius 2 is 2.28 bits per heavy atom. The Morgan fingerprint density at radius 1 is 1.50 bits per heavy atom. The number of nitrogens with zero attached hydrogens (tertiary/aromatic N) is 3. The maximum absolute atomic E-state index is 11.9. The summed E-state index contributed by atoms with van der Waals surface area (Å²) >= 11 is 2.91. The van der Waals surface area contributed by atoms with Gasteiger partial charge >= 0.3 is 0 Å². The number of nitrogens with one attached hydrogen (secondary N) is 1. The van der Waals surface area contributed by atoms with Crippen molar-refractivity contribution in [3.8, 4) is 0 Å². The molecule has 1 amide bonds. The number of hydrogen-bond acceptors (Lipinski definition) is 6. The summed E-state index contributed by atoms with van der Waals surface area (Å²) in [5.41, 5.74) is 0.895. The number of aryl methyl sites for hydroxylation is 2. The second kappa shape index (κ2) is 5.53. The summed E-state index contributed by atoms with van der Waals surface area (Å²) in [4.78, 5) is 16.3. The summed E-state index contributed by atoms with van der Waals surface area (Å²) in [5.74, 6) is -0.195. The Labute approximate surface area is 113 Å². The lowest BCUT2D eigenvalue weighted by Crippen LogP contribution is -2.26. The van der Waals surface area contributed by atoms with Gasteiger partial charge in [-0.05, 0) is 20.3 Å². The molecule has 5 nitrogen and oxygen atoms in total. The Kier molecular flexibility index (Phi) is 4.03. The summed E-state index contributed by atoms with van der Waals surface area (Å²) in [7, 11) is 0. The van der Waals surface area contributed by atoms with Gasteiger partial charge in [-0.3, -0.25) is 4.79 Å². The monoisotopic (exact) mass is 282 g/mol. The molecule has 18 heavy (non-hydrogen) atoms. The molecule has 0 aliphatic rings. The second-order valence-electron chi connectivity index (χ2n) is 3.84. The van der Waals surface area contributed by atoms with E-state index in [9.17, 15) is 4.79 Å². The van der Waals surface area contributed by atoms with Crippen LogP contribution in [0.2, 0.25) is 0 Å². The normalized spacial score (nSPS) is 12.4. The van der Waals surface area contributed by atoms with Crippen LogP contribution < -0.4 is 5.32 Å². The molecule has 0 aliphatic heterocycles. The van der Waals surface area contributed by atoms with Crippen LogP contribution in [0.3, 0.4) is 0 Å². The molecule has 2 rings (SSSR count). The maximum atomic E-state index is 11.9. The average Bonchev–Trinajstić information content (AvgIpc) is 2.97. The van der Waals surface area contributed by atoms with E-state index >= 15 is 0 Å². The first-order valence-corrected chi connectivity index (χ1v) is 7.35. The van der Waals surface area contributed by atoms with Crippen molar-refractivity contribution in [2.75, 3.05) is 0 Å². The smallest absolute Gasteiger partial charge is 0.282 e. The van der Waals surface area contributed by atoms with Gasteiger partial charge in [0.15, 0.2) is 0 Å². The topological polar surface area (TPSA) is 67.8 Å². The highest BCUT2D eigenvalue weighted by molar-refractivity contribution is 7.13. The van der Waals surface area contributed by atoms with E-state index in [1.807, 2.05) is 19.2 Å². The third kappa shape index (κ3) is 2.91. The van der Waals surface area contributed by atoms with Crippen molar-refractivity contribution in [1.82, 2.24) is 20.5 Å². The van der Waals surface area contributed by atoms with Gasteiger partial charge in [0.05, 0.1) is 16.7 Å². The predicted octanol–water partition coefficient (Wildman–Crippen LogP) is 2.36. The zero-order chi connectivity index (χ0) is 13.1. The van der Waals surface area contributed by atoms with Gasteiger partial charge in [0, 0.05) is 5.38 Å². The van der Waals surface area contributed by atoms with E-state index in [1.54, 1.807) is 11.3 Å². The van der Waals surface area contributed by atoms with E-state index in [0.717, 1.165) is 22.1 Å². The average molecular weight is 282 g/mol. The van der Waals surface area contributed by atoms with Gasteiger partial charge in [-0.25, -0.2) is 4.98 Å². The molecule has 2 heterocycles. The van der Waals surface area contributed by atoms with Crippen LogP contribution in [0.25, 0.3) is 0 Å². The minimum absolute atomic E-state index is 0.113. The molecular formula is C11H14N4OS2. The fourth-order valence-corrected chi connectivity index (χ4v) is 2.84. The van der Waals surface area contributed by atoms with Gasteiger partial charge < -0.3 is 5.32 Å². The number of rotatable bonds is 4. The molecule has 0 spiro atoms. The molecule has 0 radical (unpaired) electrons. The molecule has 0 saturated carbocycles. The first-order valence-electron chi connectivity index (χ1n) is 5.65. The fourth-order valence-electron chi connectivity index (χ4n) is 1.41. The zero-order valence-electron chi connectivity index (χ0n) is 10.4. The highest BCUT2D eigenvalue weighted by Gasteiger charge is 2.16. The lowest BCUT2D eigenvalue weighted by molar-refractivity contribution is 0.0938. The predicted molar refractivity (Wildman–Crippen MR) is 72.0 cm³/mol. The van der Waals surface area contributed by atoms with Crippen LogP contribution in [0.5, 0.6) is 0 Å². The lowest BCUT2D eigenvalue weighted by atomic mass is 10.2. The van der Waals surface area contributed by atoms with E-state index in [4.69, 9.17) is 0 Å². The van der Waals surface area contributed by atoms with E-state index in [2.05, 4.69) is 27.4 Å². The van der Waals surface area contributed by atoms with E-state index in [0.29, 0.717) is 5.01 Å². The molecule has 1 atom stereocenters. The van der Waals surface area contributed by atoms with Crippen LogP contribution in [0.4, 0.5) is 0 Å². The summed E-state index contributed by atoms with van der Waals surface area (Å²) in [6.45, 7) is 5.81. The van der Waals surface area contributed by atoms with Gasteiger partial charge in [-0.1, -0.05) is 18.3 Å². The lowest BCUT2D eigenvalue weighted by Gasteiger charge is -2.09. The van der Waals surface area contributed by atoms with Crippen LogP contribution >= 0.6 is 22.7 Å². The fraction of sp³-hybridized carbons (Fsp3) is 0.455. The van der Waals surface area contributed by atoms with Gasteiger partial charge in [-0.15, -0.1) is 21.5 Å². The Morgan fingerprint density at radius 3 is 2.83 bits per heavy atom. The van der Waals surface area contributed by atoms with Crippen molar-refractivity contribution >= 4 is 28.6 Å². The van der Waals surface area contributed by atoms with Gasteiger partial charge in [0.1, 0.15) is 5.01 Å². The molecule has 1 unspecified atom stereocenters. The highest BCUT2D eigenvalue weighted by Crippen LogP contribution is 2.18. The van der Waals surface area contributed by atoms with E-state index in [-0.39, 0.29) is 11.9 Å². The van der Waals surface area contributed by atoms with Crippen LogP contribution in [0, 0.1) is 6.92 Å². The van der Waals surface area contributed by atoms with Gasteiger partial charge in [0.2, 0.25) is 5.01 Å². The molecular weight excluding hydrogens is 268 g/mol. The minimum Gasteiger partial charge on any atom is -0.342 e. The molecule has 96 valence electrons. The largest absolute Gasteiger partial charge is 0.342 e. The summed E-state index contributed by atoms with van der Waals surface area (Å²) in [5, 5.41) is 14.8. The molecule has 7 heteroatoms. The van der Waals surface area contributed by atoms with Crippen LogP contribution in [0.1, 0.15) is 45.4 Å². The molecule has 0 aliphatic carbocycles. The number of thiazole rings is 1. The van der Waals surface area contributed by atoms with Crippen molar-refractivity contribution in [2.24, 2.45) is 0 Å². The molecule has 0 fully saturated rings. The number of carbonyl (C=O) groups excluding carboxylic acids is 1. The third-order valence-electron chi connectivity index (χ3n) is 2.38. The maximum Gasteiger partial charge on any atom is 0.282 e. The molecule has 2 aromatic rings. The van der Waals surface area contributed by atoms with E-state index in [1.165, 1.54) is 11.3 Å². The molecule has 2 aromatic heterocycles. The SMILES string of the molecule is CCc1nc(C(C)NC(=O)c2nnc(C)s2)cs1. The Bertz CT molecular complexity index is 549. The highest BCUT2D eigenvalue weighted by atomic mass is 32.1. The first-order chi connectivity index (χ1) is 8.60. The molecule has 0 aromatic carbocycles. The van der Waals surface area contributed by atoms with Crippen molar-refractivity contribution < 1.29 is 4.79 Å². The summed E-state index contributed by atoms with van der Waals surface area (Å²) in [6.07, 6.45) is 0.918. The van der Waals surface area contributed by atoms with Crippen molar-refractivity contribution in [3.63, 3.8) is 0 Å². The van der Waals surface area contributed by atoms with E-state index < -0.39 is 0 Å². The van der Waals surface area contributed by atoms with Crippen LogP contribution in [-0.4, -0.2) is 21.1 Å². The summed E-state index contributed by atoms with van der Waals surface area (Å²) < 4.78 is 0. The van der Waals surface area contributed by atoms with Gasteiger partial charge in [-0.2, -0.15) is 0 Å². The number of carbonyl (C=O) groups is 1. The summed E-state index contributed by atoms with van der Waals surface area (Å²) in [6, 6.07) is -0.113. The Balaban J connectivity index is 2.02. The number of amides is 1. The molecule has 0 bridgehead atoms. The quantitative estimate of drug-likeness (QED) is 0.934. The van der Waals surface area contributed by atoms with Crippen molar-refractivity contribution in [3.05, 3.63) is 26.1 Å². The zero-order valence-corrected chi connectivity index (χ0v) is 12.1. The minimum atomic E-state index is -0.195. The van der Waals surface area contributed by atoms with Crippen LogP contribution in [0.15, 0.2) is 5.38 Å². The van der Waals surface area contributed by atoms with Crippen molar-refractivity contribution in [1.29, 1.82) is 0 Å². The third-order valence-corrected chi connectivity index (χ3v) is 4.23. The standard InChI is InChI=1S/C11H14N4OS2/c1-4-9-13-8(5-17-9)6(2)12-10(16)11-15-14-7(3)18-11/h5-6H,4H2,1-3H3,(H,12,16). The molecule has 0 saturated heterocycles. The molecule has 1 N–H and O–H groups in total. The number of aromatic nitrogens is 3. The van der Waals surface area contributed by atoms with Crippen molar-refractivity contribution in [2.45, 2.75) is 33.2 Å². The number of hydrogen-bond donors (Lipinski definition) is 1. The van der Waals surface area contributed by atoms with Crippen LogP contribution in [-0.2, 0) is 6.42 Å². The Hall–Kier alpha value is -1.34. The first kappa shape index (κ1) is 13.1.